The van der Waals surface area contributed by atoms with Crippen molar-refractivity contribution in [3.8, 4) is 11.1 Å². The van der Waals surface area contributed by atoms with Crippen LogP contribution in [0.25, 0.3) is 16.6 Å². The predicted octanol–water partition coefficient (Wildman–Crippen LogP) is 2.62. The van der Waals surface area contributed by atoms with Gasteiger partial charge in [0.15, 0.2) is 0 Å². The molecule has 3 aromatic rings. The number of rotatable bonds is 2. The number of carboxylic acid groups (broad SMARTS) is 1. The van der Waals surface area contributed by atoms with E-state index in [2.05, 4.69) is 0 Å². The maximum atomic E-state index is 11.4. The van der Waals surface area contributed by atoms with Crippen LogP contribution in [0.15, 0.2) is 54.9 Å². The first-order valence-electron chi connectivity index (χ1n) is 5.74. The molecule has 4 heteroatoms. The highest BCUT2D eigenvalue weighted by atomic mass is 35.5. The van der Waals surface area contributed by atoms with E-state index >= 15 is 0 Å². The fourth-order valence-electron chi connectivity index (χ4n) is 2.18. The number of nitrogens with zero attached hydrogens (tertiary/aromatic N) is 1. The molecule has 0 fully saturated rings. The van der Waals surface area contributed by atoms with Crippen LogP contribution >= 0.6 is 11.6 Å². The van der Waals surface area contributed by atoms with Crippen molar-refractivity contribution in [3.05, 3.63) is 65.4 Å². The van der Waals surface area contributed by atoms with Gasteiger partial charge < -0.3 is 14.3 Å². The van der Waals surface area contributed by atoms with Crippen LogP contribution in [0, 0.1) is 0 Å². The minimum Gasteiger partial charge on any atom is -0.545 e. The van der Waals surface area contributed by atoms with Gasteiger partial charge in [0.2, 0.25) is 0 Å². The Morgan fingerprint density at radius 1 is 1.11 bits per heavy atom. The Kier molecular flexibility index (Phi) is 2.76. The Balaban J connectivity index is 2.31. The molecule has 0 bridgehead atoms. The van der Waals surface area contributed by atoms with Crippen molar-refractivity contribution < 1.29 is 9.90 Å². The van der Waals surface area contributed by atoms with Crippen LogP contribution in [0.4, 0.5) is 0 Å². The standard InChI is InChI=1S/C15H10ClNO2/c16-11-6-4-10(5-7-11)12-9-17-8-2-1-3-13(17)14(12)15(18)19/h1-9H,(H,18,19)/p-1. The van der Waals surface area contributed by atoms with Gasteiger partial charge in [-0.15, -0.1) is 0 Å². The zero-order chi connectivity index (χ0) is 13.4. The van der Waals surface area contributed by atoms with E-state index in [1.54, 1.807) is 53.2 Å². The second-order valence-electron chi connectivity index (χ2n) is 4.21. The van der Waals surface area contributed by atoms with Crippen molar-refractivity contribution >= 4 is 23.1 Å². The largest absolute Gasteiger partial charge is 0.545 e. The summed E-state index contributed by atoms with van der Waals surface area (Å²) >= 11 is 5.85. The van der Waals surface area contributed by atoms with E-state index in [-0.39, 0.29) is 5.56 Å². The number of benzene rings is 1. The first-order chi connectivity index (χ1) is 9.16. The molecule has 3 rings (SSSR count). The SMILES string of the molecule is O=C([O-])c1c(-c2ccc(Cl)cc2)cn2ccccc12. The molecule has 0 aliphatic rings. The van der Waals surface area contributed by atoms with E-state index in [0.29, 0.717) is 16.1 Å². The van der Waals surface area contributed by atoms with Crippen molar-refractivity contribution in [1.82, 2.24) is 4.40 Å². The molecule has 0 spiro atoms. The molecule has 0 amide bonds. The summed E-state index contributed by atoms with van der Waals surface area (Å²) in [6, 6.07) is 12.5. The van der Waals surface area contributed by atoms with E-state index in [4.69, 9.17) is 11.6 Å². The molecular weight excluding hydrogens is 262 g/mol. The number of fused-ring (bicyclic) bond motifs is 1. The highest BCUT2D eigenvalue weighted by Crippen LogP contribution is 2.29. The van der Waals surface area contributed by atoms with E-state index in [0.717, 1.165) is 5.56 Å². The summed E-state index contributed by atoms with van der Waals surface area (Å²) in [6.07, 6.45) is 3.59. The summed E-state index contributed by atoms with van der Waals surface area (Å²) < 4.78 is 1.77. The molecule has 0 atom stereocenters. The van der Waals surface area contributed by atoms with Crippen LogP contribution in [0.5, 0.6) is 0 Å². The third kappa shape index (κ3) is 1.98. The number of aromatic carboxylic acids is 1. The normalized spacial score (nSPS) is 10.8. The lowest BCUT2D eigenvalue weighted by Gasteiger charge is -2.05. The number of hydrogen-bond donors (Lipinski definition) is 0. The summed E-state index contributed by atoms with van der Waals surface area (Å²) in [5, 5.41) is 12.0. The maximum absolute atomic E-state index is 11.4. The van der Waals surface area contributed by atoms with Crippen molar-refractivity contribution in [1.29, 1.82) is 0 Å². The van der Waals surface area contributed by atoms with Crippen LogP contribution in [0.2, 0.25) is 5.02 Å². The zero-order valence-electron chi connectivity index (χ0n) is 9.84. The van der Waals surface area contributed by atoms with Crippen LogP contribution in [0.1, 0.15) is 10.4 Å². The molecule has 0 radical (unpaired) electrons. The average molecular weight is 271 g/mol. The zero-order valence-corrected chi connectivity index (χ0v) is 10.6. The van der Waals surface area contributed by atoms with Gasteiger partial charge in [0.05, 0.1) is 11.5 Å². The number of carbonyl (C=O) groups is 1. The Morgan fingerprint density at radius 2 is 1.84 bits per heavy atom. The minimum absolute atomic E-state index is 0.197. The number of carbonyl (C=O) groups excluding carboxylic acids is 1. The summed E-state index contributed by atoms with van der Waals surface area (Å²) in [5.74, 6) is -1.18. The molecule has 94 valence electrons. The fraction of sp³-hybridized carbons (Fsp3) is 0. The van der Waals surface area contributed by atoms with E-state index in [1.165, 1.54) is 0 Å². The molecule has 0 unspecified atom stereocenters. The van der Waals surface area contributed by atoms with E-state index in [1.807, 2.05) is 6.07 Å². The quantitative estimate of drug-likeness (QED) is 0.718. The van der Waals surface area contributed by atoms with Gasteiger partial charge in [-0.2, -0.15) is 0 Å². The first-order valence-corrected chi connectivity index (χ1v) is 6.11. The Bertz CT molecular complexity index is 759. The monoisotopic (exact) mass is 270 g/mol. The van der Waals surface area contributed by atoms with Crippen molar-refractivity contribution in [3.63, 3.8) is 0 Å². The lowest BCUT2D eigenvalue weighted by atomic mass is 10.0. The molecule has 0 saturated heterocycles. The second-order valence-corrected chi connectivity index (χ2v) is 4.64. The summed E-state index contributed by atoms with van der Waals surface area (Å²) in [5.41, 5.74) is 2.24. The first kappa shape index (κ1) is 11.8. The van der Waals surface area contributed by atoms with Crippen LogP contribution in [0.3, 0.4) is 0 Å². The third-order valence-electron chi connectivity index (χ3n) is 3.04. The topological polar surface area (TPSA) is 44.5 Å². The van der Waals surface area contributed by atoms with Crippen LogP contribution in [-0.4, -0.2) is 10.4 Å². The number of halogens is 1. The Labute approximate surface area is 114 Å². The molecule has 2 heterocycles. The highest BCUT2D eigenvalue weighted by molar-refractivity contribution is 6.30. The van der Waals surface area contributed by atoms with Gasteiger partial charge in [0.25, 0.3) is 0 Å². The number of hydrogen-bond acceptors (Lipinski definition) is 2. The molecule has 0 aliphatic carbocycles. The average Bonchev–Trinajstić information content (AvgIpc) is 2.78. The maximum Gasteiger partial charge on any atom is 0.0743 e. The molecular formula is C15H9ClNO2-. The van der Waals surface area contributed by atoms with E-state index in [9.17, 15) is 9.90 Å². The van der Waals surface area contributed by atoms with Crippen LogP contribution < -0.4 is 5.11 Å². The molecule has 3 nitrogen and oxygen atoms in total. The summed E-state index contributed by atoms with van der Waals surface area (Å²) in [4.78, 5) is 11.4. The molecule has 0 saturated carbocycles. The smallest absolute Gasteiger partial charge is 0.0743 e. The number of carboxylic acids is 1. The van der Waals surface area contributed by atoms with E-state index < -0.39 is 5.97 Å². The Hall–Kier alpha value is -2.26. The number of pyridine rings is 1. The lowest BCUT2D eigenvalue weighted by Crippen LogP contribution is -2.22. The highest BCUT2D eigenvalue weighted by Gasteiger charge is 2.12. The van der Waals surface area contributed by atoms with Crippen molar-refractivity contribution in [2.75, 3.05) is 0 Å². The van der Waals surface area contributed by atoms with Gasteiger partial charge >= 0.3 is 0 Å². The minimum atomic E-state index is -1.18. The van der Waals surface area contributed by atoms with Gasteiger partial charge in [0.1, 0.15) is 0 Å². The molecule has 19 heavy (non-hydrogen) atoms. The van der Waals surface area contributed by atoms with Crippen molar-refractivity contribution in [2.24, 2.45) is 0 Å². The van der Waals surface area contributed by atoms with Gasteiger partial charge in [-0.25, -0.2) is 0 Å². The summed E-state index contributed by atoms with van der Waals surface area (Å²) in [6.45, 7) is 0. The Morgan fingerprint density at radius 3 is 2.53 bits per heavy atom. The third-order valence-corrected chi connectivity index (χ3v) is 3.30. The molecule has 2 aromatic heterocycles. The van der Waals surface area contributed by atoms with Gasteiger partial charge in [-0.1, -0.05) is 29.8 Å². The van der Waals surface area contributed by atoms with Crippen LogP contribution in [-0.2, 0) is 0 Å². The number of aromatic nitrogens is 1. The van der Waals surface area contributed by atoms with Gasteiger partial charge in [-0.05, 0) is 29.8 Å². The predicted molar refractivity (Wildman–Crippen MR) is 72.2 cm³/mol. The fourth-order valence-corrected chi connectivity index (χ4v) is 2.31. The molecule has 1 aromatic carbocycles. The lowest BCUT2D eigenvalue weighted by molar-refractivity contribution is -0.254. The summed E-state index contributed by atoms with van der Waals surface area (Å²) in [7, 11) is 0. The van der Waals surface area contributed by atoms with Crippen molar-refractivity contribution in [2.45, 2.75) is 0 Å². The van der Waals surface area contributed by atoms with Gasteiger partial charge in [0, 0.05) is 28.5 Å². The second kappa shape index (κ2) is 4.44. The molecule has 0 N–H and O–H groups in total. The molecule has 0 aliphatic heterocycles. The van der Waals surface area contributed by atoms with Gasteiger partial charge in [-0.3, -0.25) is 0 Å².